The van der Waals surface area contributed by atoms with Crippen molar-refractivity contribution in [2.75, 3.05) is 7.11 Å². The molecule has 2 aromatic rings. The highest BCUT2D eigenvalue weighted by molar-refractivity contribution is 7.12. The molecule has 0 aliphatic rings. The smallest absolute Gasteiger partial charge is 0.124 e. The largest absolute Gasteiger partial charge is 0.496 e. The Labute approximate surface area is 116 Å². The van der Waals surface area contributed by atoms with Crippen LogP contribution in [0.5, 0.6) is 5.75 Å². The molecular formula is C13H15ClN2OS. The van der Waals surface area contributed by atoms with Crippen molar-refractivity contribution in [1.29, 1.82) is 0 Å². The van der Waals surface area contributed by atoms with Gasteiger partial charge >= 0.3 is 0 Å². The molecule has 5 heteroatoms. The third-order valence-corrected chi connectivity index (χ3v) is 4.02. The van der Waals surface area contributed by atoms with Crippen molar-refractivity contribution in [3.63, 3.8) is 0 Å². The average Bonchev–Trinajstić information content (AvgIpc) is 2.77. The summed E-state index contributed by atoms with van der Waals surface area (Å²) < 4.78 is 5.36. The number of halogens is 1. The van der Waals surface area contributed by atoms with Crippen LogP contribution in [0.3, 0.4) is 0 Å². The standard InChI is InChI=1S/C13H15ClN2OS/c1-8-3-6-12(18-8)13(16-15)10-7-9(14)4-5-11(10)17-2/h3-7,13,16H,15H2,1-2H3. The molecule has 1 aromatic heterocycles. The van der Waals surface area contributed by atoms with Gasteiger partial charge in [-0.15, -0.1) is 11.3 Å². The van der Waals surface area contributed by atoms with Gasteiger partial charge in [0, 0.05) is 20.3 Å². The zero-order valence-corrected chi connectivity index (χ0v) is 11.8. The van der Waals surface area contributed by atoms with E-state index in [4.69, 9.17) is 22.2 Å². The van der Waals surface area contributed by atoms with Gasteiger partial charge < -0.3 is 4.74 Å². The molecule has 0 fully saturated rings. The molecule has 3 nitrogen and oxygen atoms in total. The summed E-state index contributed by atoms with van der Waals surface area (Å²) >= 11 is 7.75. The zero-order valence-electron chi connectivity index (χ0n) is 10.2. The van der Waals surface area contributed by atoms with Crippen LogP contribution in [0.1, 0.15) is 21.4 Å². The van der Waals surface area contributed by atoms with Gasteiger partial charge in [-0.3, -0.25) is 5.84 Å². The molecular weight excluding hydrogens is 268 g/mol. The van der Waals surface area contributed by atoms with Gasteiger partial charge in [-0.2, -0.15) is 0 Å². The first-order valence-corrected chi connectivity index (χ1v) is 6.71. The topological polar surface area (TPSA) is 47.3 Å². The molecule has 1 unspecified atom stereocenters. The quantitative estimate of drug-likeness (QED) is 0.668. The van der Waals surface area contributed by atoms with Crippen LogP contribution < -0.4 is 16.0 Å². The number of hydrazine groups is 1. The Morgan fingerprint density at radius 3 is 2.67 bits per heavy atom. The summed E-state index contributed by atoms with van der Waals surface area (Å²) in [5.74, 6) is 6.45. The Morgan fingerprint density at radius 2 is 2.11 bits per heavy atom. The minimum Gasteiger partial charge on any atom is -0.496 e. The summed E-state index contributed by atoms with van der Waals surface area (Å²) in [6.45, 7) is 2.07. The van der Waals surface area contributed by atoms with E-state index in [0.717, 1.165) is 16.2 Å². The van der Waals surface area contributed by atoms with Gasteiger partial charge in [0.25, 0.3) is 0 Å². The minimum absolute atomic E-state index is 0.114. The van der Waals surface area contributed by atoms with E-state index in [2.05, 4.69) is 24.5 Å². The van der Waals surface area contributed by atoms with Crippen molar-refractivity contribution >= 4 is 22.9 Å². The van der Waals surface area contributed by atoms with E-state index in [1.54, 1.807) is 24.5 Å². The molecule has 1 atom stereocenters. The molecule has 0 spiro atoms. The van der Waals surface area contributed by atoms with Crippen molar-refractivity contribution in [2.24, 2.45) is 5.84 Å². The van der Waals surface area contributed by atoms with E-state index in [1.807, 2.05) is 12.1 Å². The Bertz CT molecular complexity index is 542. The molecule has 1 heterocycles. The molecule has 0 saturated heterocycles. The van der Waals surface area contributed by atoms with Crippen molar-refractivity contribution < 1.29 is 4.74 Å². The summed E-state index contributed by atoms with van der Waals surface area (Å²) in [4.78, 5) is 2.38. The molecule has 1 aromatic carbocycles. The van der Waals surface area contributed by atoms with E-state index in [-0.39, 0.29) is 6.04 Å². The van der Waals surface area contributed by atoms with E-state index < -0.39 is 0 Å². The predicted molar refractivity (Wildman–Crippen MR) is 76.2 cm³/mol. The molecule has 0 bridgehead atoms. The second-order valence-corrected chi connectivity index (χ2v) is 5.69. The normalized spacial score (nSPS) is 12.4. The van der Waals surface area contributed by atoms with E-state index in [9.17, 15) is 0 Å². The fourth-order valence-corrected chi connectivity index (χ4v) is 3.00. The van der Waals surface area contributed by atoms with Gasteiger partial charge in [0.15, 0.2) is 0 Å². The van der Waals surface area contributed by atoms with Gasteiger partial charge in [-0.25, -0.2) is 5.43 Å². The van der Waals surface area contributed by atoms with E-state index >= 15 is 0 Å². The lowest BCUT2D eigenvalue weighted by molar-refractivity contribution is 0.404. The van der Waals surface area contributed by atoms with Gasteiger partial charge in [-0.1, -0.05) is 11.6 Å². The predicted octanol–water partition coefficient (Wildman–Crippen LogP) is 3.27. The number of methoxy groups -OCH3 is 1. The molecule has 3 N–H and O–H groups in total. The number of ether oxygens (including phenoxy) is 1. The summed E-state index contributed by atoms with van der Waals surface area (Å²) in [5, 5.41) is 0.666. The number of nitrogens with one attached hydrogen (secondary N) is 1. The monoisotopic (exact) mass is 282 g/mol. The number of nitrogens with two attached hydrogens (primary N) is 1. The van der Waals surface area contributed by atoms with E-state index in [0.29, 0.717) is 5.02 Å². The second-order valence-electron chi connectivity index (χ2n) is 3.93. The zero-order chi connectivity index (χ0) is 13.1. The maximum Gasteiger partial charge on any atom is 0.124 e. The van der Waals surface area contributed by atoms with Crippen molar-refractivity contribution in [3.8, 4) is 5.75 Å². The Balaban J connectivity index is 2.47. The lowest BCUT2D eigenvalue weighted by Crippen LogP contribution is -2.28. The van der Waals surface area contributed by atoms with Crippen molar-refractivity contribution in [2.45, 2.75) is 13.0 Å². The molecule has 0 amide bonds. The second kappa shape index (κ2) is 5.71. The van der Waals surface area contributed by atoms with Gasteiger partial charge in [0.2, 0.25) is 0 Å². The van der Waals surface area contributed by atoms with Gasteiger partial charge in [0.1, 0.15) is 5.75 Å². The Morgan fingerprint density at radius 1 is 1.33 bits per heavy atom. The molecule has 96 valence electrons. The number of thiophene rings is 1. The van der Waals surface area contributed by atoms with Crippen LogP contribution in [0.15, 0.2) is 30.3 Å². The lowest BCUT2D eigenvalue weighted by Gasteiger charge is -2.18. The van der Waals surface area contributed by atoms with Crippen LogP contribution in [0.2, 0.25) is 5.02 Å². The summed E-state index contributed by atoms with van der Waals surface area (Å²) in [6, 6.07) is 9.54. The first kappa shape index (κ1) is 13.4. The molecule has 0 aliphatic carbocycles. The maximum absolute atomic E-state index is 6.05. The van der Waals surface area contributed by atoms with Crippen LogP contribution in [0.4, 0.5) is 0 Å². The number of benzene rings is 1. The molecule has 0 radical (unpaired) electrons. The van der Waals surface area contributed by atoms with Gasteiger partial charge in [-0.05, 0) is 37.3 Å². The number of rotatable bonds is 4. The van der Waals surface area contributed by atoms with Crippen LogP contribution in [-0.2, 0) is 0 Å². The number of hydrogen-bond donors (Lipinski definition) is 2. The highest BCUT2D eigenvalue weighted by Crippen LogP contribution is 2.34. The Hall–Kier alpha value is -1.07. The third-order valence-electron chi connectivity index (χ3n) is 2.72. The maximum atomic E-state index is 6.05. The summed E-state index contributed by atoms with van der Waals surface area (Å²) in [6.07, 6.45) is 0. The lowest BCUT2D eigenvalue weighted by atomic mass is 10.0. The third kappa shape index (κ3) is 2.67. The number of aryl methyl sites for hydroxylation is 1. The highest BCUT2D eigenvalue weighted by atomic mass is 35.5. The van der Waals surface area contributed by atoms with Crippen LogP contribution >= 0.6 is 22.9 Å². The first-order chi connectivity index (χ1) is 8.65. The molecule has 18 heavy (non-hydrogen) atoms. The fourth-order valence-electron chi connectivity index (χ4n) is 1.86. The van der Waals surface area contributed by atoms with Crippen LogP contribution in [0.25, 0.3) is 0 Å². The van der Waals surface area contributed by atoms with E-state index in [1.165, 1.54) is 4.88 Å². The summed E-state index contributed by atoms with van der Waals surface area (Å²) in [7, 11) is 1.64. The number of hydrogen-bond acceptors (Lipinski definition) is 4. The SMILES string of the molecule is COc1ccc(Cl)cc1C(NN)c1ccc(C)s1. The molecule has 0 saturated carbocycles. The molecule has 2 rings (SSSR count). The van der Waals surface area contributed by atoms with Crippen molar-refractivity contribution in [1.82, 2.24) is 5.43 Å². The van der Waals surface area contributed by atoms with Crippen LogP contribution in [-0.4, -0.2) is 7.11 Å². The highest BCUT2D eigenvalue weighted by Gasteiger charge is 2.18. The first-order valence-electron chi connectivity index (χ1n) is 5.51. The average molecular weight is 283 g/mol. The van der Waals surface area contributed by atoms with Crippen molar-refractivity contribution in [3.05, 3.63) is 50.7 Å². The fraction of sp³-hybridized carbons (Fsp3) is 0.231. The summed E-state index contributed by atoms with van der Waals surface area (Å²) in [5.41, 5.74) is 3.76. The van der Waals surface area contributed by atoms with Gasteiger partial charge in [0.05, 0.1) is 13.2 Å². The van der Waals surface area contributed by atoms with Crippen LogP contribution in [0, 0.1) is 6.92 Å². The molecule has 0 aliphatic heterocycles. The Kier molecular flexibility index (Phi) is 4.24. The minimum atomic E-state index is -0.114.